The van der Waals surface area contributed by atoms with Gasteiger partial charge in [-0.3, -0.25) is 9.59 Å². The van der Waals surface area contributed by atoms with Gasteiger partial charge in [0.25, 0.3) is 0 Å². The highest BCUT2D eigenvalue weighted by molar-refractivity contribution is 5.81. The second kappa shape index (κ2) is 7.25. The molecule has 5 nitrogen and oxygen atoms in total. The molecule has 2 N–H and O–H groups in total. The van der Waals surface area contributed by atoms with E-state index in [1.807, 2.05) is 6.92 Å². The summed E-state index contributed by atoms with van der Waals surface area (Å²) in [5.74, 6) is -0.686. The molecule has 1 aliphatic carbocycles. The van der Waals surface area contributed by atoms with Crippen molar-refractivity contribution in [1.29, 1.82) is 0 Å². The number of carbonyl (C=O) groups is 2. The molecule has 120 valence electrons. The van der Waals surface area contributed by atoms with Crippen LogP contribution in [-0.4, -0.2) is 47.6 Å². The van der Waals surface area contributed by atoms with Crippen LogP contribution in [0.5, 0.6) is 0 Å². The highest BCUT2D eigenvalue weighted by atomic mass is 16.4. The van der Waals surface area contributed by atoms with E-state index in [-0.39, 0.29) is 5.91 Å². The average molecular weight is 296 g/mol. The van der Waals surface area contributed by atoms with Crippen LogP contribution < -0.4 is 5.32 Å². The van der Waals surface area contributed by atoms with Crippen LogP contribution in [0.2, 0.25) is 0 Å². The lowest BCUT2D eigenvalue weighted by atomic mass is 9.76. The van der Waals surface area contributed by atoms with Crippen LogP contribution in [-0.2, 0) is 9.59 Å². The Morgan fingerprint density at radius 2 is 2.00 bits per heavy atom. The van der Waals surface area contributed by atoms with Crippen molar-refractivity contribution in [2.75, 3.05) is 19.6 Å². The molecular formula is C16H28N2O3. The van der Waals surface area contributed by atoms with Crippen molar-refractivity contribution in [3.05, 3.63) is 0 Å². The fourth-order valence-corrected chi connectivity index (χ4v) is 3.78. The van der Waals surface area contributed by atoms with Gasteiger partial charge in [-0.2, -0.15) is 0 Å². The second-order valence-electron chi connectivity index (χ2n) is 6.62. The highest BCUT2D eigenvalue weighted by Gasteiger charge is 2.42. The molecule has 2 fully saturated rings. The minimum atomic E-state index is -0.745. The maximum absolute atomic E-state index is 12.3. The third-order valence-electron chi connectivity index (χ3n) is 5.01. The second-order valence-corrected chi connectivity index (χ2v) is 6.62. The summed E-state index contributed by atoms with van der Waals surface area (Å²) in [5.41, 5.74) is -0.726. The molecule has 1 atom stereocenters. The van der Waals surface area contributed by atoms with Crippen molar-refractivity contribution in [3.8, 4) is 0 Å². The predicted molar refractivity (Wildman–Crippen MR) is 81.0 cm³/mol. The summed E-state index contributed by atoms with van der Waals surface area (Å²) in [6.45, 7) is 3.44. The molecule has 1 amide bonds. The number of rotatable bonds is 6. The third-order valence-corrected chi connectivity index (χ3v) is 5.01. The molecule has 2 rings (SSSR count). The number of nitrogens with zero attached hydrogens (tertiary/aromatic N) is 1. The van der Waals surface area contributed by atoms with Gasteiger partial charge >= 0.3 is 5.97 Å². The van der Waals surface area contributed by atoms with Crippen molar-refractivity contribution in [1.82, 2.24) is 10.2 Å². The maximum atomic E-state index is 12.3. The Balaban J connectivity index is 1.89. The number of carbonyl (C=O) groups excluding carboxylic acids is 1. The van der Waals surface area contributed by atoms with Crippen molar-refractivity contribution in [3.63, 3.8) is 0 Å². The summed E-state index contributed by atoms with van der Waals surface area (Å²) in [4.78, 5) is 25.7. The van der Waals surface area contributed by atoms with Crippen molar-refractivity contribution >= 4 is 11.9 Å². The highest BCUT2D eigenvalue weighted by Crippen LogP contribution is 2.35. The van der Waals surface area contributed by atoms with Crippen LogP contribution in [0, 0.1) is 5.41 Å². The monoisotopic (exact) mass is 296 g/mol. The first-order chi connectivity index (χ1) is 10.1. The number of nitrogens with one attached hydrogen (secondary N) is 1. The summed E-state index contributed by atoms with van der Waals surface area (Å²) in [6.07, 6.45) is 7.78. The number of aliphatic carboxylic acids is 1. The zero-order valence-electron chi connectivity index (χ0n) is 13.1. The molecule has 0 bridgehead atoms. The quantitative estimate of drug-likeness (QED) is 0.786. The van der Waals surface area contributed by atoms with E-state index in [0.717, 1.165) is 25.7 Å². The van der Waals surface area contributed by atoms with Gasteiger partial charge < -0.3 is 15.3 Å². The number of piperidine rings is 1. The van der Waals surface area contributed by atoms with Crippen LogP contribution in [0.4, 0.5) is 0 Å². The topological polar surface area (TPSA) is 69.6 Å². The Morgan fingerprint density at radius 3 is 2.62 bits per heavy atom. The fraction of sp³-hybridized carbons (Fsp3) is 0.875. The molecular weight excluding hydrogens is 268 g/mol. The zero-order chi connectivity index (χ0) is 15.3. The SMILES string of the molecule is CCCC1(C(=O)O)CCCN(C(=O)CNC2CCCC2)C1. The van der Waals surface area contributed by atoms with E-state index in [1.54, 1.807) is 4.90 Å². The molecule has 1 saturated heterocycles. The molecule has 0 aromatic carbocycles. The Labute approximate surface area is 127 Å². The van der Waals surface area contributed by atoms with Crippen LogP contribution in [0.25, 0.3) is 0 Å². The number of carboxylic acid groups (broad SMARTS) is 1. The zero-order valence-corrected chi connectivity index (χ0v) is 13.1. The number of hydrogen-bond acceptors (Lipinski definition) is 3. The first-order valence-corrected chi connectivity index (χ1v) is 8.32. The van der Waals surface area contributed by atoms with Gasteiger partial charge in [-0.15, -0.1) is 0 Å². The molecule has 0 spiro atoms. The number of hydrogen-bond donors (Lipinski definition) is 2. The summed E-state index contributed by atoms with van der Waals surface area (Å²) in [6, 6.07) is 0.471. The van der Waals surface area contributed by atoms with E-state index in [1.165, 1.54) is 12.8 Å². The van der Waals surface area contributed by atoms with Gasteiger partial charge in [0.05, 0.1) is 12.0 Å². The Bertz CT molecular complexity index is 376. The molecule has 1 saturated carbocycles. The van der Waals surface area contributed by atoms with E-state index in [4.69, 9.17) is 0 Å². The van der Waals surface area contributed by atoms with Gasteiger partial charge in [0, 0.05) is 19.1 Å². The van der Waals surface area contributed by atoms with Gasteiger partial charge in [-0.25, -0.2) is 0 Å². The number of carboxylic acids is 1. The standard InChI is InChI=1S/C16H28N2O3/c1-2-8-16(15(20)21)9-5-10-18(12-16)14(19)11-17-13-6-3-4-7-13/h13,17H,2-12H2,1H3,(H,20,21). The molecule has 1 heterocycles. The molecule has 21 heavy (non-hydrogen) atoms. The first kappa shape index (κ1) is 16.3. The summed E-state index contributed by atoms with van der Waals surface area (Å²) in [5, 5.41) is 12.9. The third kappa shape index (κ3) is 3.96. The molecule has 0 radical (unpaired) electrons. The van der Waals surface area contributed by atoms with Gasteiger partial charge in [0.1, 0.15) is 0 Å². The molecule has 1 aliphatic heterocycles. The lowest BCUT2D eigenvalue weighted by Crippen LogP contribution is -2.52. The van der Waals surface area contributed by atoms with E-state index < -0.39 is 11.4 Å². The molecule has 5 heteroatoms. The molecule has 0 aromatic rings. The van der Waals surface area contributed by atoms with E-state index in [2.05, 4.69) is 5.32 Å². The molecule has 1 unspecified atom stereocenters. The van der Waals surface area contributed by atoms with Crippen LogP contribution in [0.1, 0.15) is 58.3 Å². The van der Waals surface area contributed by atoms with Crippen LogP contribution in [0.3, 0.4) is 0 Å². The first-order valence-electron chi connectivity index (χ1n) is 8.32. The largest absolute Gasteiger partial charge is 0.481 e. The Hall–Kier alpha value is -1.10. The van der Waals surface area contributed by atoms with E-state index in [0.29, 0.717) is 38.5 Å². The van der Waals surface area contributed by atoms with Crippen LogP contribution >= 0.6 is 0 Å². The van der Waals surface area contributed by atoms with E-state index in [9.17, 15) is 14.7 Å². The predicted octanol–water partition coefficient (Wildman–Crippen LogP) is 2.01. The minimum Gasteiger partial charge on any atom is -0.481 e. The van der Waals surface area contributed by atoms with Crippen molar-refractivity contribution < 1.29 is 14.7 Å². The average Bonchev–Trinajstić information content (AvgIpc) is 2.98. The summed E-state index contributed by atoms with van der Waals surface area (Å²) >= 11 is 0. The normalized spacial score (nSPS) is 27.0. The van der Waals surface area contributed by atoms with Crippen molar-refractivity contribution in [2.45, 2.75) is 64.3 Å². The molecule has 0 aromatic heterocycles. The lowest BCUT2D eigenvalue weighted by molar-refractivity contribution is -0.155. The van der Waals surface area contributed by atoms with Crippen molar-refractivity contribution in [2.24, 2.45) is 5.41 Å². The Morgan fingerprint density at radius 1 is 1.29 bits per heavy atom. The molecule has 2 aliphatic rings. The van der Waals surface area contributed by atoms with E-state index >= 15 is 0 Å². The van der Waals surface area contributed by atoms with Gasteiger partial charge in [0.2, 0.25) is 5.91 Å². The fourth-order valence-electron chi connectivity index (χ4n) is 3.78. The Kier molecular flexibility index (Phi) is 5.62. The number of amides is 1. The number of likely N-dealkylation sites (tertiary alicyclic amines) is 1. The van der Waals surface area contributed by atoms with Gasteiger partial charge in [-0.05, 0) is 32.1 Å². The lowest BCUT2D eigenvalue weighted by Gasteiger charge is -2.40. The smallest absolute Gasteiger partial charge is 0.311 e. The van der Waals surface area contributed by atoms with Gasteiger partial charge in [0.15, 0.2) is 0 Å². The maximum Gasteiger partial charge on any atom is 0.311 e. The summed E-state index contributed by atoms with van der Waals surface area (Å²) < 4.78 is 0. The van der Waals surface area contributed by atoms with Gasteiger partial charge in [-0.1, -0.05) is 26.2 Å². The van der Waals surface area contributed by atoms with Crippen LogP contribution in [0.15, 0.2) is 0 Å². The minimum absolute atomic E-state index is 0.0586. The summed E-state index contributed by atoms with van der Waals surface area (Å²) in [7, 11) is 0.